The first-order valence-corrected chi connectivity index (χ1v) is 6.88. The van der Waals surface area contributed by atoms with Gasteiger partial charge in [0.1, 0.15) is 12.4 Å². The standard InChI is InChI=1S/C12H13BrClN5O/c1-19(2)12-17-10(16-11(15)18-12)6-20-9-4-3-7(14)5-8(9)13/h3-5H,6H2,1-2H3,(H2,15,16,17,18). The van der Waals surface area contributed by atoms with Gasteiger partial charge in [0.15, 0.2) is 5.82 Å². The Bertz CT molecular complexity index is 623. The third-order valence-electron chi connectivity index (χ3n) is 2.34. The molecule has 0 bridgehead atoms. The summed E-state index contributed by atoms with van der Waals surface area (Å²) in [6, 6.07) is 5.27. The lowest BCUT2D eigenvalue weighted by Crippen LogP contribution is -2.16. The number of hydrogen-bond donors (Lipinski definition) is 1. The Labute approximate surface area is 130 Å². The zero-order valence-corrected chi connectivity index (χ0v) is 13.3. The summed E-state index contributed by atoms with van der Waals surface area (Å²) in [6.45, 7) is 0.188. The Balaban J connectivity index is 2.14. The van der Waals surface area contributed by atoms with Crippen molar-refractivity contribution < 1.29 is 4.74 Å². The highest BCUT2D eigenvalue weighted by Gasteiger charge is 2.08. The van der Waals surface area contributed by atoms with E-state index in [9.17, 15) is 0 Å². The highest BCUT2D eigenvalue weighted by Crippen LogP contribution is 2.28. The van der Waals surface area contributed by atoms with E-state index in [1.807, 2.05) is 14.1 Å². The molecule has 0 spiro atoms. The molecule has 0 aliphatic heterocycles. The van der Waals surface area contributed by atoms with Gasteiger partial charge in [0.25, 0.3) is 0 Å². The van der Waals surface area contributed by atoms with Gasteiger partial charge >= 0.3 is 0 Å². The summed E-state index contributed by atoms with van der Waals surface area (Å²) in [5.74, 6) is 1.77. The summed E-state index contributed by atoms with van der Waals surface area (Å²) in [5.41, 5.74) is 5.64. The predicted octanol–water partition coefficient (Wildman–Crippen LogP) is 2.51. The van der Waals surface area contributed by atoms with Gasteiger partial charge in [0.2, 0.25) is 11.9 Å². The van der Waals surface area contributed by atoms with Crippen LogP contribution < -0.4 is 15.4 Å². The highest BCUT2D eigenvalue weighted by atomic mass is 79.9. The molecule has 0 radical (unpaired) electrons. The van der Waals surface area contributed by atoms with E-state index in [4.69, 9.17) is 22.1 Å². The maximum atomic E-state index is 5.87. The second-order valence-electron chi connectivity index (χ2n) is 4.17. The van der Waals surface area contributed by atoms with Crippen LogP contribution in [0.2, 0.25) is 5.02 Å². The molecule has 0 saturated carbocycles. The molecule has 1 heterocycles. The molecule has 0 saturated heterocycles. The van der Waals surface area contributed by atoms with E-state index >= 15 is 0 Å². The number of rotatable bonds is 4. The number of halogens is 2. The van der Waals surface area contributed by atoms with E-state index in [0.717, 1.165) is 4.47 Å². The van der Waals surface area contributed by atoms with Crippen LogP contribution in [0.5, 0.6) is 5.75 Å². The summed E-state index contributed by atoms with van der Waals surface area (Å²) in [7, 11) is 3.66. The third kappa shape index (κ3) is 3.71. The molecule has 0 aliphatic carbocycles. The summed E-state index contributed by atoms with van der Waals surface area (Å²) >= 11 is 9.25. The summed E-state index contributed by atoms with van der Waals surface area (Å²) in [4.78, 5) is 14.1. The molecule has 0 fully saturated rings. The minimum atomic E-state index is 0.164. The van der Waals surface area contributed by atoms with Gasteiger partial charge in [-0.2, -0.15) is 15.0 Å². The van der Waals surface area contributed by atoms with Crippen molar-refractivity contribution in [2.45, 2.75) is 6.61 Å². The molecule has 1 aromatic carbocycles. The molecule has 0 atom stereocenters. The largest absolute Gasteiger partial charge is 0.484 e. The average Bonchev–Trinajstić information content (AvgIpc) is 2.37. The molecular weight excluding hydrogens is 346 g/mol. The molecule has 106 valence electrons. The fourth-order valence-electron chi connectivity index (χ4n) is 1.42. The van der Waals surface area contributed by atoms with E-state index in [1.54, 1.807) is 23.1 Å². The van der Waals surface area contributed by atoms with Gasteiger partial charge < -0.3 is 15.4 Å². The van der Waals surface area contributed by atoms with Crippen LogP contribution in [0, 0.1) is 0 Å². The first kappa shape index (κ1) is 14.8. The molecule has 2 N–H and O–H groups in total. The fraction of sp³-hybridized carbons (Fsp3) is 0.250. The van der Waals surface area contributed by atoms with Gasteiger partial charge in [-0.1, -0.05) is 11.6 Å². The van der Waals surface area contributed by atoms with E-state index in [2.05, 4.69) is 30.9 Å². The van der Waals surface area contributed by atoms with Crippen molar-refractivity contribution in [2.24, 2.45) is 0 Å². The van der Waals surface area contributed by atoms with Crippen molar-refractivity contribution in [3.63, 3.8) is 0 Å². The third-order valence-corrected chi connectivity index (χ3v) is 3.19. The van der Waals surface area contributed by atoms with Gasteiger partial charge in [-0.3, -0.25) is 0 Å². The average molecular weight is 359 g/mol. The number of hydrogen-bond acceptors (Lipinski definition) is 6. The first-order chi connectivity index (χ1) is 9.45. The second kappa shape index (κ2) is 6.23. The Morgan fingerprint density at radius 2 is 2.05 bits per heavy atom. The number of nitrogens with two attached hydrogens (primary N) is 1. The number of benzene rings is 1. The SMILES string of the molecule is CN(C)c1nc(N)nc(COc2ccc(Cl)cc2Br)n1. The topological polar surface area (TPSA) is 77.2 Å². The van der Waals surface area contributed by atoms with Crippen LogP contribution in [-0.2, 0) is 6.61 Å². The zero-order valence-electron chi connectivity index (χ0n) is 11.0. The van der Waals surface area contributed by atoms with E-state index < -0.39 is 0 Å². The number of nitrogen functional groups attached to an aromatic ring is 1. The molecular formula is C12H13BrClN5O. The van der Waals surface area contributed by atoms with Crippen LogP contribution in [0.4, 0.5) is 11.9 Å². The van der Waals surface area contributed by atoms with Crippen LogP contribution in [-0.4, -0.2) is 29.0 Å². The molecule has 6 nitrogen and oxygen atoms in total. The Morgan fingerprint density at radius 1 is 1.30 bits per heavy atom. The minimum absolute atomic E-state index is 0.164. The van der Waals surface area contributed by atoms with Crippen LogP contribution in [0.15, 0.2) is 22.7 Å². The zero-order chi connectivity index (χ0) is 14.7. The molecule has 0 unspecified atom stereocenters. The lowest BCUT2D eigenvalue weighted by Gasteiger charge is -2.12. The van der Waals surface area contributed by atoms with Crippen LogP contribution in [0.1, 0.15) is 5.82 Å². The van der Waals surface area contributed by atoms with E-state index in [-0.39, 0.29) is 12.6 Å². The quantitative estimate of drug-likeness (QED) is 0.905. The fourth-order valence-corrected chi connectivity index (χ4v) is 2.22. The number of nitrogens with zero attached hydrogens (tertiary/aromatic N) is 4. The lowest BCUT2D eigenvalue weighted by molar-refractivity contribution is 0.294. The molecule has 8 heteroatoms. The van der Waals surface area contributed by atoms with Gasteiger partial charge in [-0.15, -0.1) is 0 Å². The molecule has 2 rings (SSSR count). The monoisotopic (exact) mass is 357 g/mol. The van der Waals surface area contributed by atoms with Crippen molar-refractivity contribution in [1.29, 1.82) is 0 Å². The predicted molar refractivity (Wildman–Crippen MR) is 82.1 cm³/mol. The number of anilines is 2. The van der Waals surface area contributed by atoms with Gasteiger partial charge in [0, 0.05) is 19.1 Å². The van der Waals surface area contributed by atoms with Crippen molar-refractivity contribution in [3.05, 3.63) is 33.5 Å². The van der Waals surface area contributed by atoms with Crippen LogP contribution >= 0.6 is 27.5 Å². The maximum absolute atomic E-state index is 5.87. The molecule has 0 aliphatic rings. The highest BCUT2D eigenvalue weighted by molar-refractivity contribution is 9.10. The molecule has 1 aromatic heterocycles. The Hall–Kier alpha value is -1.60. The van der Waals surface area contributed by atoms with Crippen molar-refractivity contribution in [3.8, 4) is 5.75 Å². The second-order valence-corrected chi connectivity index (χ2v) is 5.46. The van der Waals surface area contributed by atoms with Crippen molar-refractivity contribution in [1.82, 2.24) is 15.0 Å². The minimum Gasteiger partial charge on any atom is -0.484 e. The number of aromatic nitrogens is 3. The van der Waals surface area contributed by atoms with E-state index in [1.165, 1.54) is 0 Å². The van der Waals surface area contributed by atoms with E-state index in [0.29, 0.717) is 22.5 Å². The summed E-state index contributed by atoms with van der Waals surface area (Å²) in [6.07, 6.45) is 0. The normalized spacial score (nSPS) is 10.4. The molecule has 2 aromatic rings. The maximum Gasteiger partial charge on any atom is 0.230 e. The molecule has 20 heavy (non-hydrogen) atoms. The van der Waals surface area contributed by atoms with Crippen molar-refractivity contribution in [2.75, 3.05) is 24.7 Å². The Kier molecular flexibility index (Phi) is 4.61. The lowest BCUT2D eigenvalue weighted by atomic mass is 10.3. The van der Waals surface area contributed by atoms with Crippen LogP contribution in [0.3, 0.4) is 0 Å². The molecule has 0 amide bonds. The van der Waals surface area contributed by atoms with Gasteiger partial charge in [-0.25, -0.2) is 0 Å². The summed E-state index contributed by atoms with van der Waals surface area (Å²) in [5, 5.41) is 0.628. The Morgan fingerprint density at radius 3 is 2.70 bits per heavy atom. The van der Waals surface area contributed by atoms with Crippen molar-refractivity contribution >= 4 is 39.4 Å². The first-order valence-electron chi connectivity index (χ1n) is 5.71. The van der Waals surface area contributed by atoms with Crippen LogP contribution in [0.25, 0.3) is 0 Å². The van der Waals surface area contributed by atoms with Gasteiger partial charge in [-0.05, 0) is 34.1 Å². The smallest absolute Gasteiger partial charge is 0.230 e. The van der Waals surface area contributed by atoms with Gasteiger partial charge in [0.05, 0.1) is 4.47 Å². The summed E-state index contributed by atoms with van der Waals surface area (Å²) < 4.78 is 6.40. The number of ether oxygens (including phenoxy) is 1.